The summed E-state index contributed by atoms with van der Waals surface area (Å²) in [5.74, 6) is -3.13. The molecule has 252 valence electrons. The van der Waals surface area contributed by atoms with E-state index in [9.17, 15) is 19.8 Å². The van der Waals surface area contributed by atoms with E-state index in [1.807, 2.05) is 27.7 Å². The van der Waals surface area contributed by atoms with Crippen molar-refractivity contribution in [3.05, 3.63) is 48.0 Å². The molecule has 0 aliphatic carbocycles. The first kappa shape index (κ1) is 35.4. The van der Waals surface area contributed by atoms with Gasteiger partial charge in [0.2, 0.25) is 11.9 Å². The van der Waals surface area contributed by atoms with Crippen molar-refractivity contribution < 1.29 is 53.0 Å². The van der Waals surface area contributed by atoms with E-state index in [0.717, 1.165) is 5.57 Å². The lowest BCUT2D eigenvalue weighted by Gasteiger charge is -2.54. The maximum atomic E-state index is 14.2. The number of fused-ring (bicyclic) bond motifs is 1. The maximum absolute atomic E-state index is 14.2. The van der Waals surface area contributed by atoms with Crippen LogP contribution in [0.25, 0.3) is 0 Å². The fourth-order valence-electron chi connectivity index (χ4n) is 6.50. The lowest BCUT2D eigenvalue weighted by atomic mass is 9.72. The fraction of sp³-hybridized carbons (Fsp3) is 0.697. The molecule has 0 bridgehead atoms. The van der Waals surface area contributed by atoms with Crippen LogP contribution in [0.1, 0.15) is 63.7 Å². The number of benzene rings is 1. The fourth-order valence-corrected chi connectivity index (χ4v) is 6.50. The highest BCUT2D eigenvalue weighted by Gasteiger charge is 2.58. The predicted octanol–water partition coefficient (Wildman–Crippen LogP) is 2.70. The third-order valence-corrected chi connectivity index (χ3v) is 9.46. The predicted molar refractivity (Wildman–Crippen MR) is 162 cm³/mol. The van der Waals surface area contributed by atoms with Gasteiger partial charge in [-0.15, -0.1) is 0 Å². The highest BCUT2D eigenvalue weighted by molar-refractivity contribution is 5.92. The Labute approximate surface area is 265 Å². The highest BCUT2D eigenvalue weighted by Crippen LogP contribution is 2.44. The first-order valence-electron chi connectivity index (χ1n) is 15.6. The highest BCUT2D eigenvalue weighted by atomic mass is 16.7. The van der Waals surface area contributed by atoms with Gasteiger partial charge in [-0.3, -0.25) is 4.79 Å². The van der Waals surface area contributed by atoms with Crippen LogP contribution in [-0.2, 0) is 38.0 Å². The van der Waals surface area contributed by atoms with Crippen molar-refractivity contribution in [2.75, 3.05) is 27.6 Å². The van der Waals surface area contributed by atoms with Gasteiger partial charge in [-0.05, 0) is 31.9 Å². The van der Waals surface area contributed by atoms with E-state index in [1.165, 1.54) is 7.11 Å². The Balaban J connectivity index is 1.62. The minimum atomic E-state index is -1.66. The van der Waals surface area contributed by atoms with Crippen molar-refractivity contribution in [1.82, 2.24) is 5.32 Å². The standard InChI is InChI=1S/C33H49NO11/c1-19-17-33(40-7,45-21(3)20(19)2)28(44-31(38)22-12-9-8-10-13-22)29(37)34-30-26-25(41-18-42-30)27(39-6)32(4,5)24(43-26)16-23(36)14-11-15-35/h8-10,12-13,20-21,23-28,30,35-36H,1,11,14-18H2,2-7H3,(H,34,37)/t20-,21-,23?,24-,25+,26+,27-,28-,30+,33-/m1/s1. The van der Waals surface area contributed by atoms with E-state index in [0.29, 0.717) is 12.8 Å². The molecule has 3 N–H and O–H groups in total. The van der Waals surface area contributed by atoms with Crippen molar-refractivity contribution >= 4 is 11.9 Å². The second-order valence-corrected chi connectivity index (χ2v) is 12.8. The molecule has 3 heterocycles. The van der Waals surface area contributed by atoms with Gasteiger partial charge >= 0.3 is 5.97 Å². The van der Waals surface area contributed by atoms with Gasteiger partial charge in [0.05, 0.1) is 30.0 Å². The maximum Gasteiger partial charge on any atom is 0.339 e. The number of hydrogen-bond acceptors (Lipinski definition) is 11. The van der Waals surface area contributed by atoms with Gasteiger partial charge < -0.3 is 48.7 Å². The summed E-state index contributed by atoms with van der Waals surface area (Å²) >= 11 is 0. The van der Waals surface area contributed by atoms with Gasteiger partial charge in [-0.2, -0.15) is 0 Å². The minimum absolute atomic E-state index is 0.0176. The van der Waals surface area contributed by atoms with E-state index in [1.54, 1.807) is 37.4 Å². The first-order valence-corrected chi connectivity index (χ1v) is 15.6. The second kappa shape index (κ2) is 15.0. The van der Waals surface area contributed by atoms with Gasteiger partial charge in [-0.25, -0.2) is 4.79 Å². The molecule has 1 aromatic rings. The largest absolute Gasteiger partial charge is 0.443 e. The number of carbonyl (C=O) groups excluding carboxylic acids is 2. The zero-order valence-electron chi connectivity index (χ0n) is 27.1. The van der Waals surface area contributed by atoms with Crippen LogP contribution in [0.4, 0.5) is 0 Å². The molecular formula is C33H49NO11. The molecular weight excluding hydrogens is 586 g/mol. The Morgan fingerprint density at radius 2 is 1.84 bits per heavy atom. The lowest BCUT2D eigenvalue weighted by Crippen LogP contribution is -2.69. The summed E-state index contributed by atoms with van der Waals surface area (Å²) in [6, 6.07) is 8.34. The number of rotatable bonds is 12. The summed E-state index contributed by atoms with van der Waals surface area (Å²) in [6.07, 6.45) is -4.89. The molecule has 3 fully saturated rings. The molecule has 12 heteroatoms. The molecule has 3 saturated heterocycles. The van der Waals surface area contributed by atoms with Gasteiger partial charge in [0.1, 0.15) is 19.0 Å². The Morgan fingerprint density at radius 3 is 2.47 bits per heavy atom. The Bertz CT molecular complexity index is 1160. The van der Waals surface area contributed by atoms with E-state index in [2.05, 4.69) is 11.9 Å². The third kappa shape index (κ3) is 7.60. The van der Waals surface area contributed by atoms with Crippen LogP contribution < -0.4 is 5.32 Å². The van der Waals surface area contributed by atoms with Crippen LogP contribution in [0.3, 0.4) is 0 Å². The monoisotopic (exact) mass is 635 g/mol. The van der Waals surface area contributed by atoms with Crippen LogP contribution in [0, 0.1) is 11.3 Å². The van der Waals surface area contributed by atoms with E-state index >= 15 is 0 Å². The van der Waals surface area contributed by atoms with Crippen molar-refractivity contribution in [3.8, 4) is 0 Å². The Morgan fingerprint density at radius 1 is 1.13 bits per heavy atom. The van der Waals surface area contributed by atoms with Crippen molar-refractivity contribution in [1.29, 1.82) is 0 Å². The average molecular weight is 636 g/mol. The van der Waals surface area contributed by atoms with E-state index in [-0.39, 0.29) is 43.8 Å². The van der Waals surface area contributed by atoms with Gasteiger partial charge in [0.15, 0.2) is 6.23 Å². The summed E-state index contributed by atoms with van der Waals surface area (Å²) < 4.78 is 42.3. The molecule has 1 unspecified atom stereocenters. The van der Waals surface area contributed by atoms with Gasteiger partial charge in [-0.1, -0.05) is 51.1 Å². The zero-order valence-corrected chi connectivity index (χ0v) is 27.1. The molecule has 3 aliphatic heterocycles. The summed E-state index contributed by atoms with van der Waals surface area (Å²) in [4.78, 5) is 27.5. The third-order valence-electron chi connectivity index (χ3n) is 9.46. The molecule has 0 radical (unpaired) electrons. The molecule has 1 amide bonds. The minimum Gasteiger partial charge on any atom is -0.443 e. The average Bonchev–Trinajstić information content (AvgIpc) is 3.02. The van der Waals surface area contributed by atoms with Crippen molar-refractivity contribution in [2.24, 2.45) is 11.3 Å². The molecule has 45 heavy (non-hydrogen) atoms. The summed E-state index contributed by atoms with van der Waals surface area (Å²) in [5.41, 5.74) is 0.456. The molecule has 10 atom stereocenters. The summed E-state index contributed by atoms with van der Waals surface area (Å²) in [5, 5.41) is 22.8. The number of carbonyl (C=O) groups is 2. The van der Waals surface area contributed by atoms with Crippen LogP contribution in [0.15, 0.2) is 42.5 Å². The van der Waals surface area contributed by atoms with Gasteiger partial charge in [0, 0.05) is 45.0 Å². The second-order valence-electron chi connectivity index (χ2n) is 12.8. The number of hydrogen-bond donors (Lipinski definition) is 3. The molecule has 12 nitrogen and oxygen atoms in total. The lowest BCUT2D eigenvalue weighted by molar-refractivity contribution is -0.332. The number of aliphatic hydroxyl groups is 2. The normalized spacial score (nSPS) is 34.3. The summed E-state index contributed by atoms with van der Waals surface area (Å²) in [6.45, 7) is 11.8. The van der Waals surface area contributed by atoms with Crippen LogP contribution >= 0.6 is 0 Å². The SMILES string of the molecule is C=C1C[C@](OC)([C@H](OC(=O)c2ccccc2)C(=O)N[C@H]2OCO[C@H]3[C@@H]2O[C@H](CC(O)CCCO)C(C)(C)[C@@H]3OC)O[C@H](C)[C@@H]1C. The quantitative estimate of drug-likeness (QED) is 0.230. The molecule has 0 spiro atoms. The zero-order chi connectivity index (χ0) is 32.9. The number of nitrogens with one attached hydrogen (secondary N) is 1. The van der Waals surface area contributed by atoms with Crippen LogP contribution in [-0.4, -0.2) is 104 Å². The number of ether oxygens (including phenoxy) is 7. The number of esters is 1. The van der Waals surface area contributed by atoms with Crippen LogP contribution in [0.5, 0.6) is 0 Å². The number of amides is 1. The van der Waals surface area contributed by atoms with E-state index in [4.69, 9.17) is 33.2 Å². The number of aliphatic hydroxyl groups excluding tert-OH is 2. The van der Waals surface area contributed by atoms with Crippen molar-refractivity contribution in [2.45, 2.75) is 108 Å². The van der Waals surface area contributed by atoms with Crippen LogP contribution in [0.2, 0.25) is 0 Å². The topological polar surface area (TPSA) is 151 Å². The number of methoxy groups -OCH3 is 2. The molecule has 0 aromatic heterocycles. The van der Waals surface area contributed by atoms with Gasteiger partial charge in [0.25, 0.3) is 5.91 Å². The Hall–Kier alpha value is -2.42. The smallest absolute Gasteiger partial charge is 0.339 e. The molecule has 3 aliphatic rings. The molecule has 0 saturated carbocycles. The molecule has 4 rings (SSSR count). The first-order chi connectivity index (χ1) is 21.4. The summed E-state index contributed by atoms with van der Waals surface area (Å²) in [7, 11) is 2.98. The molecule has 1 aromatic carbocycles. The van der Waals surface area contributed by atoms with E-state index < -0.39 is 65.9 Å². The van der Waals surface area contributed by atoms with Crippen molar-refractivity contribution in [3.63, 3.8) is 0 Å². The Kier molecular flexibility index (Phi) is 11.8.